The Morgan fingerprint density at radius 2 is 0.648 bits per heavy atom. The van der Waals surface area contributed by atoms with Crippen LogP contribution in [0.3, 0.4) is 0 Å². The van der Waals surface area contributed by atoms with Crippen LogP contribution in [-0.2, 0) is 0 Å². The van der Waals surface area contributed by atoms with E-state index in [2.05, 4.69) is 104 Å². The maximum absolute atomic E-state index is 5.62. The lowest BCUT2D eigenvalue weighted by molar-refractivity contribution is 1.58. The van der Waals surface area contributed by atoms with Crippen LogP contribution in [0, 0.1) is 0 Å². The maximum atomic E-state index is 5.62. The quantitative estimate of drug-likeness (QED) is 0.146. The molecule has 4 aromatic rings. The number of rotatable bonds is 6. The van der Waals surface area contributed by atoms with Gasteiger partial charge in [-0.2, -0.15) is 0 Å². The highest BCUT2D eigenvalue weighted by Crippen LogP contribution is 2.71. The highest BCUT2D eigenvalue weighted by molar-refractivity contribution is 8.41. The summed E-state index contributed by atoms with van der Waals surface area (Å²) in [7, 11) is 0. The molecule has 0 saturated carbocycles. The molecule has 3 aliphatic heterocycles. The average molecular weight is 917 g/mol. The number of hydrogen-bond acceptors (Lipinski definition) is 12. The molecule has 54 heavy (non-hydrogen) atoms. The molecule has 0 unspecified atom stereocenters. The average Bonchev–Trinajstić information content (AvgIpc) is 4.06. The zero-order chi connectivity index (χ0) is 36.8. The Labute approximate surface area is 369 Å². The molecule has 0 bridgehead atoms. The molecule has 0 fully saturated rings. The van der Waals surface area contributed by atoms with Crippen molar-refractivity contribution in [2.45, 2.75) is 0 Å². The van der Waals surface area contributed by atoms with Gasteiger partial charge in [0.2, 0.25) is 0 Å². The Morgan fingerprint density at radius 3 is 0.926 bits per heavy atom. The molecular formula is C42H28S12. The highest BCUT2D eigenvalue weighted by Gasteiger charge is 2.46. The summed E-state index contributed by atoms with van der Waals surface area (Å²) in [6.07, 6.45) is 11.1. The van der Waals surface area contributed by atoms with Gasteiger partial charge in [-0.1, -0.05) is 156 Å². The molecule has 0 nitrogen and oxygen atoms in total. The van der Waals surface area contributed by atoms with Crippen LogP contribution in [0.25, 0.3) is 50.1 Å². The van der Waals surface area contributed by atoms with Gasteiger partial charge >= 0.3 is 0 Å². The van der Waals surface area contributed by atoms with Gasteiger partial charge in [-0.3, -0.25) is 0 Å². The summed E-state index contributed by atoms with van der Waals surface area (Å²) < 4.78 is 11.0. The first-order chi connectivity index (χ1) is 26.5. The van der Waals surface area contributed by atoms with Gasteiger partial charge in [-0.05, 0) is 81.3 Å². The molecule has 0 aromatic heterocycles. The second-order valence-corrected chi connectivity index (χ2v) is 25.0. The molecule has 6 aliphatic rings. The van der Waals surface area contributed by atoms with Gasteiger partial charge in [0.15, 0.2) is 0 Å². The summed E-state index contributed by atoms with van der Waals surface area (Å²) in [5.41, 5.74) is 20.5. The van der Waals surface area contributed by atoms with Crippen LogP contribution in [-0.4, -0.2) is 36.6 Å². The van der Waals surface area contributed by atoms with Crippen LogP contribution in [0.5, 0.6) is 0 Å². The second kappa shape index (κ2) is 15.1. The fourth-order valence-electron chi connectivity index (χ4n) is 7.97. The Bertz CT molecular complexity index is 2490. The number of benzene rings is 4. The Morgan fingerprint density at radius 1 is 0.370 bits per heavy atom. The minimum absolute atomic E-state index is 1.19. The highest BCUT2D eigenvalue weighted by atomic mass is 32.3. The molecule has 0 N–H and O–H groups in total. The van der Waals surface area contributed by atoms with Crippen LogP contribution in [0.4, 0.5) is 0 Å². The molecule has 4 aromatic carbocycles. The van der Waals surface area contributed by atoms with Crippen LogP contribution in [0.15, 0.2) is 112 Å². The maximum Gasteiger partial charge on any atom is 0.0657 e. The van der Waals surface area contributed by atoms with Crippen molar-refractivity contribution in [3.63, 3.8) is 0 Å². The van der Waals surface area contributed by atoms with Gasteiger partial charge < -0.3 is 0 Å². The zero-order valence-electron chi connectivity index (χ0n) is 29.4. The van der Waals surface area contributed by atoms with Gasteiger partial charge in [0.05, 0.1) is 33.9 Å². The van der Waals surface area contributed by atoms with Crippen molar-refractivity contribution in [3.8, 4) is 33.4 Å². The normalized spacial score (nSPS) is 19.4. The lowest BCUT2D eigenvalue weighted by Crippen LogP contribution is -1.98. The van der Waals surface area contributed by atoms with Crippen LogP contribution >= 0.6 is 142 Å². The van der Waals surface area contributed by atoms with Crippen molar-refractivity contribution in [1.29, 1.82) is 0 Å². The molecule has 12 heteroatoms. The summed E-state index contributed by atoms with van der Waals surface area (Å²) in [6, 6.07) is 27.7. The third kappa shape index (κ3) is 5.59. The predicted molar refractivity (Wildman–Crippen MR) is 269 cm³/mol. The molecule has 0 atom stereocenters. The van der Waals surface area contributed by atoms with E-state index in [0.29, 0.717) is 0 Å². The Hall–Kier alpha value is -0.740. The number of allylic oxidation sites excluding steroid dienone is 1. The summed E-state index contributed by atoms with van der Waals surface area (Å²) in [5.74, 6) is 0. The summed E-state index contributed by atoms with van der Waals surface area (Å²) >= 11 is 26.5. The fourth-order valence-corrected chi connectivity index (χ4v) is 22.2. The Kier molecular flexibility index (Phi) is 10.5. The summed E-state index contributed by atoms with van der Waals surface area (Å²) in [4.78, 5) is 1.19. The van der Waals surface area contributed by atoms with Crippen LogP contribution in [0.2, 0.25) is 0 Å². The van der Waals surface area contributed by atoms with E-state index in [4.69, 9.17) is 12.2 Å². The van der Waals surface area contributed by atoms with Crippen LogP contribution < -0.4 is 0 Å². The van der Waals surface area contributed by atoms with Crippen molar-refractivity contribution in [2.24, 2.45) is 0 Å². The first kappa shape index (κ1) is 37.5. The monoisotopic (exact) mass is 916 g/mol. The molecule has 3 heterocycles. The van der Waals surface area contributed by atoms with E-state index in [-0.39, 0.29) is 0 Å². The summed E-state index contributed by atoms with van der Waals surface area (Å²) in [6.45, 7) is 0. The van der Waals surface area contributed by atoms with Crippen LogP contribution in [0.1, 0.15) is 33.4 Å². The Balaban J connectivity index is 1.39. The molecular weight excluding hydrogens is 889 g/mol. The van der Waals surface area contributed by atoms with E-state index in [1.165, 1.54) is 122 Å². The molecule has 0 spiro atoms. The lowest BCUT2D eigenvalue weighted by atomic mass is 9.84. The smallest absolute Gasteiger partial charge is 0.0657 e. The molecule has 3 aliphatic carbocycles. The van der Waals surface area contributed by atoms with E-state index in [0.717, 1.165) is 0 Å². The van der Waals surface area contributed by atoms with E-state index in [1.54, 1.807) is 11.8 Å². The van der Waals surface area contributed by atoms with Gasteiger partial charge in [-0.25, -0.2) is 0 Å². The van der Waals surface area contributed by atoms with Gasteiger partial charge in [-0.15, -0.1) is 58.8 Å². The molecule has 0 saturated heterocycles. The minimum atomic E-state index is 1.19. The number of thiocarbonyl (C=S) groups is 1. The number of thioether (sulfide) groups is 11. The van der Waals surface area contributed by atoms with Crippen molar-refractivity contribution in [1.82, 2.24) is 0 Å². The first-order valence-corrected chi connectivity index (χ1v) is 28.3. The number of hydrogen-bond donors (Lipinski definition) is 0. The predicted octanol–water partition coefficient (Wildman–Crippen LogP) is 16.5. The van der Waals surface area contributed by atoms with E-state index in [9.17, 15) is 0 Å². The minimum Gasteiger partial charge on any atom is -0.121 e. The molecule has 0 amide bonds. The summed E-state index contributed by atoms with van der Waals surface area (Å²) in [5, 5.41) is 1.88. The number of fused-ring (bicyclic) bond motifs is 12. The first-order valence-electron chi connectivity index (χ1n) is 16.8. The van der Waals surface area contributed by atoms with Gasteiger partial charge in [0, 0.05) is 43.7 Å². The third-order valence-electron chi connectivity index (χ3n) is 9.96. The van der Waals surface area contributed by atoms with Crippen molar-refractivity contribution < 1.29 is 0 Å². The molecule has 0 radical (unpaired) electrons. The van der Waals surface area contributed by atoms with Gasteiger partial charge in [0.1, 0.15) is 0 Å². The fraction of sp³-hybridized carbons (Fsp3) is 0.119. The lowest BCUT2D eigenvalue weighted by Gasteiger charge is -2.20. The van der Waals surface area contributed by atoms with E-state index in [1.807, 2.05) is 123 Å². The van der Waals surface area contributed by atoms with Crippen molar-refractivity contribution >= 4 is 164 Å². The molecule has 10 rings (SSSR count). The molecule has 268 valence electrons. The largest absolute Gasteiger partial charge is 0.121 e. The second-order valence-electron chi connectivity index (χ2n) is 12.4. The van der Waals surface area contributed by atoms with Crippen molar-refractivity contribution in [3.05, 3.63) is 145 Å². The van der Waals surface area contributed by atoms with Gasteiger partial charge in [0.25, 0.3) is 0 Å². The topological polar surface area (TPSA) is 0 Å². The SMILES string of the molecule is CSC1=C(C=S)SC(=C2c3ccccc3-c3c2c2c(c4c3C(=C3SC(SC)=C(SC)S3)c3ccccc3-4)C(=C3SC(SC)=C(SC)S3)c3ccccc3-2)S1. The van der Waals surface area contributed by atoms with Crippen molar-refractivity contribution in [2.75, 3.05) is 31.3 Å². The standard InChI is InChI=1S/C42H28S12/c1-44-35-25(18-43)49-36(50-35)29-22-15-9-6-12-19(22)26-32(29)27-20-13-7-10-16-23(20)30(37-51-39(45-2)40(46-3)52-37)34(27)28-21-14-8-11-17-24(21)31(33(26)28)38-53-41(47-4)42(48-5)54-38/h6-18H,1-5H3. The third-order valence-corrected chi connectivity index (χ3v) is 24.6. The van der Waals surface area contributed by atoms with E-state index < -0.39 is 0 Å². The zero-order valence-corrected chi connectivity index (χ0v) is 39.2. The van der Waals surface area contributed by atoms with E-state index >= 15 is 0 Å².